The topological polar surface area (TPSA) is 125 Å². The first-order valence-electron chi connectivity index (χ1n) is 17.5. The minimum atomic E-state index is -0.351. The van der Waals surface area contributed by atoms with Crippen LogP contribution in [0, 0.1) is 0 Å². The maximum Gasteiger partial charge on any atom is 0.274 e. The molecule has 0 radical (unpaired) electrons. The van der Waals surface area contributed by atoms with Crippen LogP contribution in [0.25, 0.3) is 43.6 Å². The maximum atomic E-state index is 13.9. The molecule has 4 N–H and O–H groups in total. The molecule has 3 aromatic carbocycles. The van der Waals surface area contributed by atoms with Crippen LogP contribution in [0.3, 0.4) is 0 Å². The number of hydrogen-bond acceptors (Lipinski definition) is 7. The van der Waals surface area contributed by atoms with Gasteiger partial charge in [-0.05, 0) is 79.6 Å². The molecular formula is C41H41N8O2+. The predicted molar refractivity (Wildman–Crippen MR) is 207 cm³/mol. The van der Waals surface area contributed by atoms with E-state index in [1.54, 1.807) is 18.3 Å². The van der Waals surface area contributed by atoms with E-state index in [2.05, 4.69) is 40.1 Å². The maximum absolute atomic E-state index is 13.9. The van der Waals surface area contributed by atoms with Crippen molar-refractivity contribution in [3.63, 3.8) is 0 Å². The standard InChI is InChI=1S/C41H40N8O2/c1-4-6-18-43-33-24-35(40(50)45-28-12-16-32-26(22-28)10-8-20-42-32)47-38-30(33)14-15-31-34(44-19-7-5-2)25-36(48-39(31)38)41(51)46-29-13-17-37-27(23-29)11-9-21-49(37)3/h8-17,20-25H,4-7,18-19H2,1-3H3,(H3-,43,44,45,46,47,48,50,51)/p+1. The summed E-state index contributed by atoms with van der Waals surface area (Å²) in [4.78, 5) is 42.0. The number of aryl methyl sites for hydroxylation is 1. The Morgan fingerprint density at radius 1 is 0.667 bits per heavy atom. The van der Waals surface area contributed by atoms with Crippen molar-refractivity contribution >= 4 is 78.2 Å². The molecule has 4 heterocycles. The number of hydrogen-bond donors (Lipinski definition) is 4. The number of nitrogens with zero attached hydrogens (tertiary/aromatic N) is 4. The zero-order valence-electron chi connectivity index (χ0n) is 29.1. The molecule has 0 bridgehead atoms. The number of rotatable bonds is 12. The van der Waals surface area contributed by atoms with Gasteiger partial charge in [0.15, 0.2) is 6.20 Å². The average Bonchev–Trinajstić information content (AvgIpc) is 3.14. The molecule has 4 aromatic heterocycles. The zero-order chi connectivity index (χ0) is 35.3. The average molecular weight is 678 g/mol. The lowest BCUT2D eigenvalue weighted by Gasteiger charge is -2.16. The predicted octanol–water partition coefficient (Wildman–Crippen LogP) is 8.24. The van der Waals surface area contributed by atoms with Crippen LogP contribution < -0.4 is 25.8 Å². The fourth-order valence-electron chi connectivity index (χ4n) is 6.29. The Kier molecular flexibility index (Phi) is 9.65. The van der Waals surface area contributed by atoms with Crippen molar-refractivity contribution in [1.82, 2.24) is 15.0 Å². The zero-order valence-corrected chi connectivity index (χ0v) is 29.1. The minimum Gasteiger partial charge on any atom is -0.384 e. The van der Waals surface area contributed by atoms with Gasteiger partial charge in [0.25, 0.3) is 11.8 Å². The quantitative estimate of drug-likeness (QED) is 0.0583. The number of carbonyl (C=O) groups excluding carboxylic acids is 2. The van der Waals surface area contributed by atoms with Gasteiger partial charge in [0.2, 0.25) is 5.52 Å². The fourth-order valence-corrected chi connectivity index (χ4v) is 6.29. The first-order valence-corrected chi connectivity index (χ1v) is 17.5. The van der Waals surface area contributed by atoms with Crippen LogP contribution in [-0.2, 0) is 7.05 Å². The Morgan fingerprint density at radius 2 is 1.24 bits per heavy atom. The minimum absolute atomic E-state index is 0.238. The van der Waals surface area contributed by atoms with Crippen molar-refractivity contribution in [2.75, 3.05) is 34.4 Å². The van der Waals surface area contributed by atoms with Crippen LogP contribution in [0.2, 0.25) is 0 Å². The summed E-state index contributed by atoms with van der Waals surface area (Å²) in [7, 11) is 1.99. The van der Waals surface area contributed by atoms with E-state index in [1.807, 2.05) is 90.6 Å². The van der Waals surface area contributed by atoms with Crippen molar-refractivity contribution in [1.29, 1.82) is 0 Å². The van der Waals surface area contributed by atoms with Crippen molar-refractivity contribution in [2.45, 2.75) is 39.5 Å². The van der Waals surface area contributed by atoms with Crippen molar-refractivity contribution < 1.29 is 14.2 Å². The second-order valence-electron chi connectivity index (χ2n) is 12.7. The van der Waals surface area contributed by atoms with E-state index in [0.717, 1.165) is 82.7 Å². The van der Waals surface area contributed by atoms with Crippen LogP contribution in [0.4, 0.5) is 22.7 Å². The molecular weight excluding hydrogens is 637 g/mol. The first kappa shape index (κ1) is 33.3. The number of pyridine rings is 4. The molecule has 7 aromatic rings. The lowest BCUT2D eigenvalue weighted by atomic mass is 10.1. The monoisotopic (exact) mass is 677 g/mol. The van der Waals surface area contributed by atoms with Gasteiger partial charge in [0.05, 0.1) is 16.6 Å². The lowest BCUT2D eigenvalue weighted by molar-refractivity contribution is -0.644. The second kappa shape index (κ2) is 14.8. The van der Waals surface area contributed by atoms with Crippen molar-refractivity contribution in [2.24, 2.45) is 7.05 Å². The van der Waals surface area contributed by atoms with Crippen LogP contribution in [0.1, 0.15) is 60.5 Å². The molecule has 2 amide bonds. The molecule has 0 saturated carbocycles. The molecule has 0 unspecified atom stereocenters. The van der Waals surface area contributed by atoms with E-state index >= 15 is 0 Å². The number of unbranched alkanes of at least 4 members (excludes halogenated alkanes) is 2. The third-order valence-corrected chi connectivity index (χ3v) is 9.03. The van der Waals surface area contributed by atoms with Gasteiger partial charge in [-0.2, -0.15) is 0 Å². The lowest BCUT2D eigenvalue weighted by Crippen LogP contribution is -2.27. The van der Waals surface area contributed by atoms with E-state index in [1.165, 1.54) is 0 Å². The number of benzene rings is 3. The normalized spacial score (nSPS) is 11.3. The van der Waals surface area contributed by atoms with Crippen molar-refractivity contribution in [3.05, 3.63) is 109 Å². The third-order valence-electron chi connectivity index (χ3n) is 9.03. The van der Waals surface area contributed by atoms with E-state index in [4.69, 9.17) is 9.97 Å². The van der Waals surface area contributed by atoms with Gasteiger partial charge in [-0.15, -0.1) is 0 Å². The van der Waals surface area contributed by atoms with Gasteiger partial charge >= 0.3 is 0 Å². The van der Waals surface area contributed by atoms with E-state index < -0.39 is 0 Å². The summed E-state index contributed by atoms with van der Waals surface area (Å²) < 4.78 is 2.04. The Balaban J connectivity index is 1.32. The van der Waals surface area contributed by atoms with Crippen LogP contribution >= 0.6 is 0 Å². The summed E-state index contributed by atoms with van der Waals surface area (Å²) in [5.74, 6) is -0.691. The van der Waals surface area contributed by atoms with Crippen LogP contribution in [0.15, 0.2) is 97.3 Å². The summed E-state index contributed by atoms with van der Waals surface area (Å²) in [6.45, 7) is 5.74. The largest absolute Gasteiger partial charge is 0.384 e. The SMILES string of the molecule is CCCCNc1cc(C(=O)Nc2ccc3ncccc3c2)nc2c1ccc1c(NCCCC)cc(C(=O)Nc3ccc4c(ccc[n+]4C)c3)nc12. The smallest absolute Gasteiger partial charge is 0.274 e. The first-order chi connectivity index (χ1) is 24.9. The summed E-state index contributed by atoms with van der Waals surface area (Å²) in [5.41, 5.74) is 6.33. The third kappa shape index (κ3) is 7.12. The molecule has 0 fully saturated rings. The highest BCUT2D eigenvalue weighted by molar-refractivity contribution is 6.15. The summed E-state index contributed by atoms with van der Waals surface area (Å²) in [6, 6.07) is 26.9. The highest BCUT2D eigenvalue weighted by atomic mass is 16.2. The molecule has 0 atom stereocenters. The highest BCUT2D eigenvalue weighted by Gasteiger charge is 2.20. The molecule has 10 heteroatoms. The Morgan fingerprint density at radius 3 is 1.84 bits per heavy atom. The summed E-state index contributed by atoms with van der Waals surface area (Å²) in [5, 5.41) is 16.7. The molecule has 51 heavy (non-hydrogen) atoms. The highest BCUT2D eigenvalue weighted by Crippen LogP contribution is 2.34. The van der Waals surface area contributed by atoms with Gasteiger partial charge in [-0.3, -0.25) is 14.6 Å². The van der Waals surface area contributed by atoms with Gasteiger partial charge in [-0.25, -0.2) is 14.5 Å². The van der Waals surface area contributed by atoms with E-state index in [9.17, 15) is 9.59 Å². The molecule has 0 aliphatic carbocycles. The van der Waals surface area contributed by atoms with Gasteiger partial charge in [0, 0.05) is 75.7 Å². The number of carbonyl (C=O) groups is 2. The Labute approximate surface area is 296 Å². The Bertz CT molecular complexity index is 2430. The Hall–Kier alpha value is -6.16. The number of nitrogens with one attached hydrogen (secondary N) is 4. The van der Waals surface area contributed by atoms with Gasteiger partial charge < -0.3 is 21.3 Å². The van der Waals surface area contributed by atoms with Crippen molar-refractivity contribution in [3.8, 4) is 0 Å². The molecule has 0 aliphatic rings. The van der Waals surface area contributed by atoms with E-state index in [0.29, 0.717) is 22.4 Å². The number of fused-ring (bicyclic) bond motifs is 5. The molecule has 0 saturated heterocycles. The fraction of sp³-hybridized carbons (Fsp3) is 0.220. The molecule has 10 nitrogen and oxygen atoms in total. The number of aromatic nitrogens is 4. The van der Waals surface area contributed by atoms with Gasteiger partial charge in [0.1, 0.15) is 18.4 Å². The molecule has 0 spiro atoms. The molecule has 7 rings (SSSR count). The van der Waals surface area contributed by atoms with E-state index in [-0.39, 0.29) is 23.2 Å². The van der Waals surface area contributed by atoms with Crippen LogP contribution in [-0.4, -0.2) is 39.9 Å². The number of anilines is 4. The molecule has 256 valence electrons. The van der Waals surface area contributed by atoms with Gasteiger partial charge in [-0.1, -0.05) is 32.8 Å². The number of amides is 2. The van der Waals surface area contributed by atoms with Crippen LogP contribution in [0.5, 0.6) is 0 Å². The summed E-state index contributed by atoms with van der Waals surface area (Å²) >= 11 is 0. The summed E-state index contributed by atoms with van der Waals surface area (Å²) in [6.07, 6.45) is 7.70. The molecule has 0 aliphatic heterocycles. The second-order valence-corrected chi connectivity index (χ2v) is 12.7.